The predicted molar refractivity (Wildman–Crippen MR) is 91.2 cm³/mol. The van der Waals surface area contributed by atoms with Gasteiger partial charge < -0.3 is 19.1 Å². The van der Waals surface area contributed by atoms with Gasteiger partial charge in [0.15, 0.2) is 0 Å². The van der Waals surface area contributed by atoms with Crippen molar-refractivity contribution in [2.75, 3.05) is 13.7 Å². The van der Waals surface area contributed by atoms with Gasteiger partial charge >= 0.3 is 0 Å². The van der Waals surface area contributed by atoms with E-state index < -0.39 is 14.2 Å². The molecule has 1 atom stereocenters. The highest BCUT2D eigenvalue weighted by Crippen LogP contribution is 2.22. The molecule has 6 nitrogen and oxygen atoms in total. The fraction of sp³-hybridized carbons (Fsp3) is 0.500. The van der Waals surface area contributed by atoms with Crippen LogP contribution in [0.5, 0.6) is 5.88 Å². The van der Waals surface area contributed by atoms with Crippen LogP contribution in [0.4, 0.5) is 0 Å². The highest BCUT2D eigenvalue weighted by molar-refractivity contribution is 6.76. The van der Waals surface area contributed by atoms with Gasteiger partial charge in [-0.3, -0.25) is 0 Å². The molecule has 0 aliphatic rings. The number of methoxy groups -OCH3 is 1. The van der Waals surface area contributed by atoms with Crippen LogP contribution in [-0.2, 0) is 11.5 Å². The summed E-state index contributed by atoms with van der Waals surface area (Å²) in [4.78, 5) is 8.29. The van der Waals surface area contributed by atoms with Gasteiger partial charge in [-0.15, -0.1) is 0 Å². The third-order valence-electron chi connectivity index (χ3n) is 3.45. The van der Waals surface area contributed by atoms with E-state index in [0.29, 0.717) is 23.9 Å². The second-order valence-electron chi connectivity index (χ2n) is 6.69. The Kier molecular flexibility index (Phi) is 5.92. The zero-order valence-corrected chi connectivity index (χ0v) is 15.2. The Morgan fingerprint density at radius 1 is 1.30 bits per heavy atom. The Morgan fingerprint density at radius 2 is 2.09 bits per heavy atom. The van der Waals surface area contributed by atoms with Gasteiger partial charge in [0.1, 0.15) is 12.8 Å². The van der Waals surface area contributed by atoms with Crippen molar-refractivity contribution in [3.63, 3.8) is 0 Å². The molecule has 0 saturated heterocycles. The zero-order chi connectivity index (χ0) is 16.9. The number of aliphatic hydroxyl groups is 1. The normalized spacial score (nSPS) is 13.1. The zero-order valence-electron chi connectivity index (χ0n) is 14.2. The molecule has 0 amide bonds. The standard InChI is InChI=1S/C16H25N3O3Si/c1-21-15-9-13(5-6-17-15)16(20)14-10-19(11-18-14)12-22-7-8-23(2,3)4/h5-6,9-11,16,20H,7-8,12H2,1-4H3. The van der Waals surface area contributed by atoms with E-state index in [9.17, 15) is 5.11 Å². The van der Waals surface area contributed by atoms with Crippen molar-refractivity contribution in [3.8, 4) is 5.88 Å². The molecule has 0 spiro atoms. The maximum absolute atomic E-state index is 10.4. The molecule has 0 saturated carbocycles. The van der Waals surface area contributed by atoms with Gasteiger partial charge in [0, 0.05) is 33.1 Å². The first-order valence-corrected chi connectivity index (χ1v) is 11.4. The second kappa shape index (κ2) is 7.72. The summed E-state index contributed by atoms with van der Waals surface area (Å²) in [6.07, 6.45) is 4.26. The van der Waals surface area contributed by atoms with Gasteiger partial charge in [-0.05, 0) is 17.7 Å². The van der Waals surface area contributed by atoms with Gasteiger partial charge in [0.25, 0.3) is 0 Å². The molecule has 0 radical (unpaired) electrons. The maximum Gasteiger partial charge on any atom is 0.213 e. The molecule has 0 aromatic carbocycles. The van der Waals surface area contributed by atoms with E-state index in [-0.39, 0.29) is 0 Å². The van der Waals surface area contributed by atoms with Crippen LogP contribution in [0.3, 0.4) is 0 Å². The number of imidazole rings is 1. The highest BCUT2D eigenvalue weighted by Gasteiger charge is 2.15. The van der Waals surface area contributed by atoms with E-state index in [1.165, 1.54) is 0 Å². The molecule has 2 rings (SSSR count). The molecule has 1 unspecified atom stereocenters. The molecule has 0 fully saturated rings. The SMILES string of the molecule is COc1cc(C(O)c2cn(COCC[Si](C)(C)C)cn2)ccn1. The van der Waals surface area contributed by atoms with E-state index in [2.05, 4.69) is 29.6 Å². The van der Waals surface area contributed by atoms with Crippen molar-refractivity contribution in [3.05, 3.63) is 42.1 Å². The first-order chi connectivity index (χ1) is 10.9. The number of aliphatic hydroxyl groups excluding tert-OH is 1. The van der Waals surface area contributed by atoms with Gasteiger partial charge in [-0.25, -0.2) is 9.97 Å². The van der Waals surface area contributed by atoms with Crippen molar-refractivity contribution in [1.82, 2.24) is 14.5 Å². The second-order valence-corrected chi connectivity index (χ2v) is 12.3. The molecule has 0 aliphatic heterocycles. The van der Waals surface area contributed by atoms with E-state index in [0.717, 1.165) is 12.7 Å². The molecule has 0 aliphatic carbocycles. The largest absolute Gasteiger partial charge is 0.481 e. The van der Waals surface area contributed by atoms with Crippen LogP contribution in [0.25, 0.3) is 0 Å². The summed E-state index contributed by atoms with van der Waals surface area (Å²) < 4.78 is 12.6. The molecule has 23 heavy (non-hydrogen) atoms. The van der Waals surface area contributed by atoms with Gasteiger partial charge in [0.2, 0.25) is 5.88 Å². The lowest BCUT2D eigenvalue weighted by atomic mass is 10.1. The minimum absolute atomic E-state index is 0.448. The molecule has 7 heteroatoms. The monoisotopic (exact) mass is 335 g/mol. The first-order valence-electron chi connectivity index (χ1n) is 7.66. The summed E-state index contributed by atoms with van der Waals surface area (Å²) in [7, 11) is 0.478. The number of rotatable bonds is 8. The van der Waals surface area contributed by atoms with E-state index in [4.69, 9.17) is 9.47 Å². The van der Waals surface area contributed by atoms with E-state index in [1.807, 2.05) is 4.57 Å². The number of ether oxygens (including phenoxy) is 2. The molecular weight excluding hydrogens is 310 g/mol. The maximum atomic E-state index is 10.4. The molecule has 1 N–H and O–H groups in total. The summed E-state index contributed by atoms with van der Waals surface area (Å²) in [5.41, 5.74) is 1.27. The quantitative estimate of drug-likeness (QED) is 0.593. The van der Waals surface area contributed by atoms with Crippen molar-refractivity contribution < 1.29 is 14.6 Å². The topological polar surface area (TPSA) is 69.4 Å². The summed E-state index contributed by atoms with van der Waals surface area (Å²) in [5.74, 6) is 0.468. The van der Waals surface area contributed by atoms with Crippen LogP contribution in [0.15, 0.2) is 30.9 Å². The number of nitrogens with zero attached hydrogens (tertiary/aromatic N) is 3. The number of hydrogen-bond donors (Lipinski definition) is 1. The van der Waals surface area contributed by atoms with Crippen molar-refractivity contribution in [2.45, 2.75) is 38.5 Å². The average molecular weight is 335 g/mol. The van der Waals surface area contributed by atoms with Crippen molar-refractivity contribution in [1.29, 1.82) is 0 Å². The van der Waals surface area contributed by atoms with E-state index in [1.54, 1.807) is 38.0 Å². The number of hydrogen-bond acceptors (Lipinski definition) is 5. The Balaban J connectivity index is 1.93. The van der Waals surface area contributed by atoms with Gasteiger partial charge in [0.05, 0.1) is 19.1 Å². The van der Waals surface area contributed by atoms with E-state index >= 15 is 0 Å². The lowest BCUT2D eigenvalue weighted by Gasteiger charge is -2.15. The smallest absolute Gasteiger partial charge is 0.213 e. The lowest BCUT2D eigenvalue weighted by Crippen LogP contribution is -2.21. The number of aromatic nitrogens is 3. The van der Waals surface area contributed by atoms with Crippen LogP contribution in [0.1, 0.15) is 17.4 Å². The fourth-order valence-corrected chi connectivity index (χ4v) is 2.77. The summed E-state index contributed by atoms with van der Waals surface area (Å²) >= 11 is 0. The Labute approximate surface area is 138 Å². The highest BCUT2D eigenvalue weighted by atomic mass is 28.3. The molecule has 0 bridgehead atoms. The van der Waals surface area contributed by atoms with Crippen molar-refractivity contribution >= 4 is 8.07 Å². The summed E-state index contributed by atoms with van der Waals surface area (Å²) in [6.45, 7) is 8.18. The first kappa shape index (κ1) is 17.6. The van der Waals surface area contributed by atoms with Gasteiger partial charge in [-0.1, -0.05) is 19.6 Å². The Hall–Kier alpha value is -1.70. The third kappa shape index (κ3) is 5.45. The molecule has 2 heterocycles. The summed E-state index contributed by atoms with van der Waals surface area (Å²) in [6, 6.07) is 4.58. The Bertz CT molecular complexity index is 625. The minimum Gasteiger partial charge on any atom is -0.481 e. The van der Waals surface area contributed by atoms with Gasteiger partial charge in [-0.2, -0.15) is 0 Å². The number of pyridine rings is 1. The molecular formula is C16H25N3O3Si. The average Bonchev–Trinajstić information content (AvgIpc) is 2.99. The third-order valence-corrected chi connectivity index (χ3v) is 5.16. The van der Waals surface area contributed by atoms with Crippen LogP contribution >= 0.6 is 0 Å². The summed E-state index contributed by atoms with van der Waals surface area (Å²) in [5, 5.41) is 10.4. The van der Waals surface area contributed by atoms with Crippen LogP contribution in [0.2, 0.25) is 25.7 Å². The lowest BCUT2D eigenvalue weighted by molar-refractivity contribution is 0.0869. The molecule has 126 valence electrons. The Morgan fingerprint density at radius 3 is 2.78 bits per heavy atom. The predicted octanol–water partition coefficient (Wildman–Crippen LogP) is 2.68. The minimum atomic E-state index is -1.07. The van der Waals surface area contributed by atoms with Crippen LogP contribution in [-0.4, -0.2) is 41.4 Å². The fourth-order valence-electron chi connectivity index (χ4n) is 2.01. The van der Waals surface area contributed by atoms with Crippen LogP contribution in [0, 0.1) is 0 Å². The molecule has 2 aromatic rings. The molecule has 2 aromatic heterocycles. The van der Waals surface area contributed by atoms with Crippen LogP contribution < -0.4 is 4.74 Å². The van der Waals surface area contributed by atoms with Crippen molar-refractivity contribution in [2.24, 2.45) is 0 Å².